The van der Waals surface area contributed by atoms with Gasteiger partial charge in [0.15, 0.2) is 11.5 Å². The second kappa shape index (κ2) is 5.37. The van der Waals surface area contributed by atoms with Crippen molar-refractivity contribution < 1.29 is 19.1 Å². The second-order valence-corrected chi connectivity index (χ2v) is 3.57. The van der Waals surface area contributed by atoms with E-state index in [1.54, 1.807) is 18.2 Å². The van der Waals surface area contributed by atoms with E-state index in [2.05, 4.69) is 10.6 Å². The van der Waals surface area contributed by atoms with Crippen LogP contribution in [0, 0.1) is 0 Å². The number of benzene rings is 1. The normalized spacial score (nSPS) is 12.1. The van der Waals surface area contributed by atoms with Crippen molar-refractivity contribution in [2.75, 3.05) is 25.2 Å². The van der Waals surface area contributed by atoms with Gasteiger partial charge in [-0.1, -0.05) is 0 Å². The Labute approximate surface area is 103 Å². The number of fused-ring (bicyclic) bond motifs is 1. The van der Waals surface area contributed by atoms with Crippen molar-refractivity contribution in [3.63, 3.8) is 0 Å². The first-order valence-electron chi connectivity index (χ1n) is 5.39. The second-order valence-electron chi connectivity index (χ2n) is 3.57. The lowest BCUT2D eigenvalue weighted by Gasteiger charge is -2.06. The van der Waals surface area contributed by atoms with Gasteiger partial charge in [0.2, 0.25) is 6.79 Å². The first kappa shape index (κ1) is 12.2. The molecule has 0 spiro atoms. The van der Waals surface area contributed by atoms with E-state index < -0.39 is 11.8 Å². The van der Waals surface area contributed by atoms with E-state index in [0.29, 0.717) is 17.2 Å². The minimum atomic E-state index is -0.748. The Kier molecular flexibility index (Phi) is 3.63. The molecule has 0 aromatic heterocycles. The lowest BCUT2D eigenvalue weighted by atomic mass is 10.2. The topological polar surface area (TPSA) is 103 Å². The highest BCUT2D eigenvalue weighted by molar-refractivity contribution is 6.39. The maximum Gasteiger partial charge on any atom is 0.313 e. The average Bonchev–Trinajstić information content (AvgIpc) is 2.83. The third kappa shape index (κ3) is 2.69. The van der Waals surface area contributed by atoms with Crippen LogP contribution in [0.4, 0.5) is 5.69 Å². The van der Waals surface area contributed by atoms with Gasteiger partial charge in [0.05, 0.1) is 0 Å². The van der Waals surface area contributed by atoms with Gasteiger partial charge in [-0.05, 0) is 12.1 Å². The molecule has 1 aliphatic heterocycles. The monoisotopic (exact) mass is 251 g/mol. The minimum absolute atomic E-state index is 0.156. The third-order valence-electron chi connectivity index (χ3n) is 2.27. The van der Waals surface area contributed by atoms with Crippen LogP contribution in [0.2, 0.25) is 0 Å². The number of rotatable bonds is 3. The van der Waals surface area contributed by atoms with Crippen molar-refractivity contribution >= 4 is 17.5 Å². The number of hydrogen-bond acceptors (Lipinski definition) is 5. The van der Waals surface area contributed by atoms with Crippen LogP contribution in [0.15, 0.2) is 18.2 Å². The summed E-state index contributed by atoms with van der Waals surface area (Å²) in [6, 6.07) is 4.88. The molecule has 0 atom stereocenters. The van der Waals surface area contributed by atoms with Crippen LogP contribution in [-0.4, -0.2) is 31.7 Å². The summed E-state index contributed by atoms with van der Waals surface area (Å²) in [4.78, 5) is 22.8. The highest BCUT2D eigenvalue weighted by Gasteiger charge is 2.16. The molecule has 0 fully saturated rings. The summed E-state index contributed by atoms with van der Waals surface area (Å²) < 4.78 is 10.3. The zero-order valence-electron chi connectivity index (χ0n) is 9.56. The van der Waals surface area contributed by atoms with Gasteiger partial charge in [0, 0.05) is 24.8 Å². The first-order valence-corrected chi connectivity index (χ1v) is 5.39. The Morgan fingerprint density at radius 2 is 2.00 bits per heavy atom. The van der Waals surface area contributed by atoms with Gasteiger partial charge in [-0.25, -0.2) is 0 Å². The van der Waals surface area contributed by atoms with Crippen molar-refractivity contribution in [3.8, 4) is 11.5 Å². The molecule has 0 radical (unpaired) electrons. The quantitative estimate of drug-likeness (QED) is 0.624. The highest BCUT2D eigenvalue weighted by Crippen LogP contribution is 2.34. The average molecular weight is 251 g/mol. The van der Waals surface area contributed by atoms with Gasteiger partial charge in [0.1, 0.15) is 0 Å². The molecule has 7 nitrogen and oxygen atoms in total. The Hall–Kier alpha value is -2.28. The fourth-order valence-electron chi connectivity index (χ4n) is 1.43. The molecule has 4 N–H and O–H groups in total. The number of nitrogens with one attached hydrogen (secondary N) is 2. The first-order chi connectivity index (χ1) is 8.70. The predicted molar refractivity (Wildman–Crippen MR) is 63.3 cm³/mol. The molecule has 1 aromatic rings. The summed E-state index contributed by atoms with van der Waals surface area (Å²) in [7, 11) is 0. The van der Waals surface area contributed by atoms with E-state index in [1.807, 2.05) is 0 Å². The lowest BCUT2D eigenvalue weighted by molar-refractivity contribution is -0.136. The molecule has 0 saturated heterocycles. The van der Waals surface area contributed by atoms with E-state index in [9.17, 15) is 9.59 Å². The van der Waals surface area contributed by atoms with Crippen molar-refractivity contribution in [1.82, 2.24) is 5.32 Å². The van der Waals surface area contributed by atoms with Gasteiger partial charge in [0.25, 0.3) is 0 Å². The summed E-state index contributed by atoms with van der Waals surface area (Å²) >= 11 is 0. The van der Waals surface area contributed by atoms with E-state index in [1.165, 1.54) is 0 Å². The summed E-state index contributed by atoms with van der Waals surface area (Å²) in [5.74, 6) is -0.323. The highest BCUT2D eigenvalue weighted by atomic mass is 16.7. The molecular formula is C11H13N3O4. The predicted octanol–water partition coefficient (Wildman–Crippen LogP) is -0.571. The Morgan fingerprint density at radius 1 is 1.22 bits per heavy atom. The van der Waals surface area contributed by atoms with Crippen molar-refractivity contribution in [3.05, 3.63) is 18.2 Å². The van der Waals surface area contributed by atoms with Gasteiger partial charge >= 0.3 is 11.8 Å². The number of anilines is 1. The molecule has 0 aliphatic carbocycles. The van der Waals surface area contributed by atoms with E-state index >= 15 is 0 Å². The molecule has 2 amide bonds. The molecule has 2 rings (SSSR count). The van der Waals surface area contributed by atoms with E-state index in [-0.39, 0.29) is 19.9 Å². The van der Waals surface area contributed by atoms with Crippen molar-refractivity contribution in [1.29, 1.82) is 0 Å². The molecule has 96 valence electrons. The standard InChI is InChI=1S/C11H13N3O4/c12-3-4-13-10(15)11(16)14-7-1-2-8-9(5-7)18-6-17-8/h1-2,5H,3-4,6,12H2,(H,13,15)(H,14,16). The summed E-state index contributed by atoms with van der Waals surface area (Å²) in [6.45, 7) is 0.695. The summed E-state index contributed by atoms with van der Waals surface area (Å²) in [6.07, 6.45) is 0. The number of ether oxygens (including phenoxy) is 2. The lowest BCUT2D eigenvalue weighted by Crippen LogP contribution is -2.37. The van der Waals surface area contributed by atoms with Gasteiger partial charge < -0.3 is 25.8 Å². The fourth-order valence-corrected chi connectivity index (χ4v) is 1.43. The molecule has 1 aromatic carbocycles. The SMILES string of the molecule is NCCNC(=O)C(=O)Nc1ccc2c(c1)OCO2. The number of carbonyl (C=O) groups is 2. The molecule has 18 heavy (non-hydrogen) atoms. The Bertz CT molecular complexity index is 475. The summed E-state index contributed by atoms with van der Waals surface area (Å²) in [5, 5.41) is 4.83. The van der Waals surface area contributed by atoms with Crippen LogP contribution in [-0.2, 0) is 9.59 Å². The third-order valence-corrected chi connectivity index (χ3v) is 2.27. The zero-order valence-corrected chi connectivity index (χ0v) is 9.56. The molecule has 1 aliphatic rings. The molecule has 0 unspecified atom stereocenters. The molecule has 1 heterocycles. The summed E-state index contributed by atoms with van der Waals surface area (Å²) in [5.41, 5.74) is 5.68. The van der Waals surface area contributed by atoms with E-state index in [4.69, 9.17) is 15.2 Å². The molecule has 0 saturated carbocycles. The number of hydrogen-bond donors (Lipinski definition) is 3. The van der Waals surface area contributed by atoms with Gasteiger partial charge in [-0.15, -0.1) is 0 Å². The molecular weight excluding hydrogens is 238 g/mol. The van der Waals surface area contributed by atoms with Crippen LogP contribution < -0.4 is 25.8 Å². The van der Waals surface area contributed by atoms with Crippen molar-refractivity contribution in [2.24, 2.45) is 5.73 Å². The van der Waals surface area contributed by atoms with Crippen LogP contribution in [0.25, 0.3) is 0 Å². The Morgan fingerprint density at radius 3 is 2.78 bits per heavy atom. The van der Waals surface area contributed by atoms with Crippen LogP contribution in [0.3, 0.4) is 0 Å². The molecule has 0 bridgehead atoms. The van der Waals surface area contributed by atoms with Gasteiger partial charge in [-0.3, -0.25) is 9.59 Å². The minimum Gasteiger partial charge on any atom is -0.454 e. The van der Waals surface area contributed by atoms with Gasteiger partial charge in [-0.2, -0.15) is 0 Å². The van der Waals surface area contributed by atoms with Crippen LogP contribution in [0.1, 0.15) is 0 Å². The zero-order chi connectivity index (χ0) is 13.0. The smallest absolute Gasteiger partial charge is 0.313 e. The number of amides is 2. The van der Waals surface area contributed by atoms with E-state index in [0.717, 1.165) is 0 Å². The Balaban J connectivity index is 1.97. The fraction of sp³-hybridized carbons (Fsp3) is 0.273. The largest absolute Gasteiger partial charge is 0.454 e. The maximum absolute atomic E-state index is 11.5. The van der Waals surface area contributed by atoms with Crippen LogP contribution >= 0.6 is 0 Å². The molecule has 7 heteroatoms. The van der Waals surface area contributed by atoms with Crippen LogP contribution in [0.5, 0.6) is 11.5 Å². The maximum atomic E-state index is 11.5. The number of carbonyl (C=O) groups excluding carboxylic acids is 2. The van der Waals surface area contributed by atoms with Crippen molar-refractivity contribution in [2.45, 2.75) is 0 Å². The number of nitrogens with two attached hydrogens (primary N) is 1.